The first kappa shape index (κ1) is 16.1. The number of benzene rings is 1. The largest absolute Gasteiger partial charge is 0.388 e. The second-order valence-corrected chi connectivity index (χ2v) is 7.75. The van der Waals surface area contributed by atoms with Gasteiger partial charge in [-0.15, -0.1) is 0 Å². The molecule has 0 spiro atoms. The molecular formula is C18H31N. The molecule has 0 unspecified atom stereocenters. The average molecular weight is 261 g/mol. The number of rotatable bonds is 1. The third kappa shape index (κ3) is 2.80. The monoisotopic (exact) mass is 261 g/mol. The number of anilines is 1. The van der Waals surface area contributed by atoms with E-state index >= 15 is 0 Å². The Balaban J connectivity index is 3.91. The van der Waals surface area contributed by atoms with Gasteiger partial charge in [-0.2, -0.15) is 0 Å². The van der Waals surface area contributed by atoms with Gasteiger partial charge in [0.25, 0.3) is 0 Å². The van der Waals surface area contributed by atoms with E-state index in [1.54, 1.807) is 0 Å². The van der Waals surface area contributed by atoms with Crippen LogP contribution in [0.3, 0.4) is 0 Å². The van der Waals surface area contributed by atoms with E-state index in [0.29, 0.717) is 0 Å². The van der Waals surface area contributed by atoms with Gasteiger partial charge in [-0.05, 0) is 59.4 Å². The molecule has 1 aromatic carbocycles. The Morgan fingerprint density at radius 3 is 1.32 bits per heavy atom. The van der Waals surface area contributed by atoms with Crippen LogP contribution in [0.4, 0.5) is 5.69 Å². The maximum Gasteiger partial charge on any atom is 0.0402 e. The summed E-state index contributed by atoms with van der Waals surface area (Å²) < 4.78 is 0. The van der Waals surface area contributed by atoms with E-state index < -0.39 is 0 Å². The normalized spacial score (nSPS) is 12.7. The lowest BCUT2D eigenvalue weighted by Gasteiger charge is -2.35. The van der Waals surface area contributed by atoms with Crippen LogP contribution in [0.2, 0.25) is 0 Å². The molecule has 0 fully saturated rings. The molecule has 0 aliphatic heterocycles. The van der Waals surface area contributed by atoms with E-state index in [1.807, 2.05) is 7.05 Å². The van der Waals surface area contributed by atoms with Gasteiger partial charge in [0.15, 0.2) is 0 Å². The summed E-state index contributed by atoms with van der Waals surface area (Å²) in [4.78, 5) is 0. The van der Waals surface area contributed by atoms with Crippen LogP contribution < -0.4 is 5.32 Å². The van der Waals surface area contributed by atoms with Gasteiger partial charge in [0, 0.05) is 12.7 Å². The molecule has 0 aromatic heterocycles. The van der Waals surface area contributed by atoms with E-state index in [0.717, 1.165) is 0 Å². The summed E-state index contributed by atoms with van der Waals surface area (Å²) >= 11 is 0. The van der Waals surface area contributed by atoms with Crippen LogP contribution in [0, 0.1) is 20.8 Å². The van der Waals surface area contributed by atoms with Gasteiger partial charge >= 0.3 is 0 Å². The van der Waals surface area contributed by atoms with Gasteiger partial charge in [-0.3, -0.25) is 0 Å². The minimum Gasteiger partial charge on any atom is -0.388 e. The number of nitrogens with one attached hydrogen (secondary N) is 1. The lowest BCUT2D eigenvalue weighted by Crippen LogP contribution is -2.26. The number of hydrogen-bond donors (Lipinski definition) is 1. The average Bonchev–Trinajstić information content (AvgIpc) is 2.20. The molecule has 0 atom stereocenters. The highest BCUT2D eigenvalue weighted by atomic mass is 14.8. The summed E-state index contributed by atoms with van der Waals surface area (Å²) in [5.41, 5.74) is 8.90. The minimum atomic E-state index is 0.163. The third-order valence-corrected chi connectivity index (χ3v) is 4.06. The molecular weight excluding hydrogens is 230 g/mol. The smallest absolute Gasteiger partial charge is 0.0402 e. The highest BCUT2D eigenvalue weighted by Gasteiger charge is 2.30. The lowest BCUT2D eigenvalue weighted by atomic mass is 9.70. The van der Waals surface area contributed by atoms with Crippen molar-refractivity contribution >= 4 is 5.69 Å². The van der Waals surface area contributed by atoms with Crippen molar-refractivity contribution in [1.82, 2.24) is 0 Å². The van der Waals surface area contributed by atoms with E-state index in [9.17, 15) is 0 Å². The summed E-state index contributed by atoms with van der Waals surface area (Å²) in [7, 11) is 2.03. The van der Waals surface area contributed by atoms with Crippen molar-refractivity contribution in [3.8, 4) is 0 Å². The quantitative estimate of drug-likeness (QED) is 0.728. The number of hydrogen-bond acceptors (Lipinski definition) is 1. The predicted octanol–water partition coefficient (Wildman–Crippen LogP) is 5.25. The van der Waals surface area contributed by atoms with Crippen LogP contribution in [-0.4, -0.2) is 7.05 Å². The fourth-order valence-electron chi connectivity index (χ4n) is 3.41. The van der Waals surface area contributed by atoms with Crippen molar-refractivity contribution < 1.29 is 0 Å². The van der Waals surface area contributed by atoms with Crippen LogP contribution in [-0.2, 0) is 10.8 Å². The Morgan fingerprint density at radius 1 is 0.632 bits per heavy atom. The molecule has 0 bridgehead atoms. The molecule has 0 aliphatic carbocycles. The fraction of sp³-hybridized carbons (Fsp3) is 0.667. The Kier molecular flexibility index (Phi) is 4.10. The standard InChI is InChI=1S/C18H31N/c1-11-12(2)16(19-10)13(3)15(18(7,8)9)14(11)17(4,5)6/h19H,1-10H3. The molecule has 1 N–H and O–H groups in total. The van der Waals surface area contributed by atoms with Crippen LogP contribution in [0.25, 0.3) is 0 Å². The third-order valence-electron chi connectivity index (χ3n) is 4.06. The van der Waals surface area contributed by atoms with E-state index in [2.05, 4.69) is 67.6 Å². The first-order valence-corrected chi connectivity index (χ1v) is 7.25. The van der Waals surface area contributed by atoms with Crippen LogP contribution >= 0.6 is 0 Å². The molecule has 1 heteroatoms. The van der Waals surface area contributed by atoms with E-state index in [4.69, 9.17) is 0 Å². The van der Waals surface area contributed by atoms with Gasteiger partial charge in [0.1, 0.15) is 0 Å². The molecule has 108 valence electrons. The van der Waals surface area contributed by atoms with Crippen molar-refractivity contribution in [1.29, 1.82) is 0 Å². The van der Waals surface area contributed by atoms with Crippen molar-refractivity contribution in [3.05, 3.63) is 27.8 Å². The van der Waals surface area contributed by atoms with Crippen molar-refractivity contribution in [2.24, 2.45) is 0 Å². The Morgan fingerprint density at radius 2 is 1.00 bits per heavy atom. The van der Waals surface area contributed by atoms with E-state index in [-0.39, 0.29) is 10.8 Å². The molecule has 19 heavy (non-hydrogen) atoms. The first-order valence-electron chi connectivity index (χ1n) is 7.25. The first-order chi connectivity index (χ1) is 8.42. The highest BCUT2D eigenvalue weighted by molar-refractivity contribution is 5.67. The molecule has 1 rings (SSSR count). The maximum atomic E-state index is 3.40. The summed E-state index contributed by atoms with van der Waals surface area (Å²) in [5.74, 6) is 0. The van der Waals surface area contributed by atoms with Crippen molar-refractivity contribution in [3.63, 3.8) is 0 Å². The second kappa shape index (κ2) is 4.85. The van der Waals surface area contributed by atoms with Gasteiger partial charge in [0.05, 0.1) is 0 Å². The zero-order valence-electron chi connectivity index (χ0n) is 14.5. The summed E-state index contributed by atoms with van der Waals surface area (Å²) in [5, 5.41) is 3.40. The van der Waals surface area contributed by atoms with Gasteiger partial charge < -0.3 is 5.32 Å². The Bertz CT molecular complexity index is 482. The highest BCUT2D eigenvalue weighted by Crippen LogP contribution is 2.42. The molecule has 0 aliphatic rings. The second-order valence-electron chi connectivity index (χ2n) is 7.75. The molecule has 0 amide bonds. The van der Waals surface area contributed by atoms with Gasteiger partial charge in [-0.25, -0.2) is 0 Å². The molecule has 0 heterocycles. The predicted molar refractivity (Wildman–Crippen MR) is 87.6 cm³/mol. The minimum absolute atomic E-state index is 0.163. The SMILES string of the molecule is CNc1c(C)c(C)c(C(C)(C)C)c(C(C)(C)C)c1C. The van der Waals surface area contributed by atoms with Gasteiger partial charge in [0.2, 0.25) is 0 Å². The molecule has 1 aromatic rings. The lowest BCUT2D eigenvalue weighted by molar-refractivity contribution is 0.524. The molecule has 0 saturated heterocycles. The Labute approximate surface area is 119 Å². The van der Waals surface area contributed by atoms with Crippen LogP contribution in [0.15, 0.2) is 0 Å². The summed E-state index contributed by atoms with van der Waals surface area (Å²) in [6.07, 6.45) is 0. The summed E-state index contributed by atoms with van der Waals surface area (Å²) in [6.45, 7) is 20.7. The van der Waals surface area contributed by atoms with Crippen molar-refractivity contribution in [2.45, 2.75) is 73.1 Å². The molecule has 0 radical (unpaired) electrons. The topological polar surface area (TPSA) is 12.0 Å². The fourth-order valence-corrected chi connectivity index (χ4v) is 3.41. The van der Waals surface area contributed by atoms with Gasteiger partial charge in [-0.1, -0.05) is 41.5 Å². The Hall–Kier alpha value is -0.980. The van der Waals surface area contributed by atoms with Crippen LogP contribution in [0.1, 0.15) is 69.4 Å². The van der Waals surface area contributed by atoms with E-state index in [1.165, 1.54) is 33.5 Å². The zero-order chi connectivity index (χ0) is 15.2. The molecule has 0 saturated carbocycles. The summed E-state index contributed by atoms with van der Waals surface area (Å²) in [6, 6.07) is 0. The van der Waals surface area contributed by atoms with Crippen LogP contribution in [0.5, 0.6) is 0 Å². The van der Waals surface area contributed by atoms with Crippen molar-refractivity contribution in [2.75, 3.05) is 12.4 Å². The maximum absolute atomic E-state index is 3.40. The molecule has 1 nitrogen and oxygen atoms in total. The zero-order valence-corrected chi connectivity index (χ0v) is 14.5.